The van der Waals surface area contributed by atoms with Gasteiger partial charge in [-0.3, -0.25) is 14.4 Å². The maximum absolute atomic E-state index is 11.7. The van der Waals surface area contributed by atoms with Gasteiger partial charge in [0, 0.05) is 32.3 Å². The van der Waals surface area contributed by atoms with E-state index >= 15 is 0 Å². The molecule has 0 bridgehead atoms. The lowest BCUT2D eigenvalue weighted by atomic mass is 9.89. The summed E-state index contributed by atoms with van der Waals surface area (Å²) in [4.78, 5) is 33.8. The summed E-state index contributed by atoms with van der Waals surface area (Å²) in [6, 6.07) is 7.45. The summed E-state index contributed by atoms with van der Waals surface area (Å²) in [6.07, 6.45) is 2.19. The lowest BCUT2D eigenvalue weighted by molar-refractivity contribution is -0.153. The molecule has 2 unspecified atom stereocenters. The second-order valence-corrected chi connectivity index (χ2v) is 5.91. The van der Waals surface area contributed by atoms with Crippen LogP contribution in [0.2, 0.25) is 0 Å². The molecule has 1 aromatic rings. The highest BCUT2D eigenvalue weighted by atomic mass is 16.6. The van der Waals surface area contributed by atoms with Crippen LogP contribution in [-0.4, -0.2) is 31.1 Å². The third-order valence-electron chi connectivity index (χ3n) is 3.77. The minimum absolute atomic E-state index is 0.0961. The largest absolute Gasteiger partial charge is 0.466 e. The zero-order valence-electron chi connectivity index (χ0n) is 15.5. The summed E-state index contributed by atoms with van der Waals surface area (Å²) in [5, 5.41) is 0. The highest BCUT2D eigenvalue weighted by Crippen LogP contribution is 2.33. The molecule has 0 aliphatic carbocycles. The molecule has 26 heavy (non-hydrogen) atoms. The molecule has 0 spiro atoms. The summed E-state index contributed by atoms with van der Waals surface area (Å²) >= 11 is 0. The number of carbonyl (C=O) groups excluding carboxylic acids is 3. The molecule has 0 aromatic heterocycles. The zero-order valence-corrected chi connectivity index (χ0v) is 15.5. The summed E-state index contributed by atoms with van der Waals surface area (Å²) in [7, 11) is 0. The Morgan fingerprint density at radius 3 is 2.27 bits per heavy atom. The number of carbonyl (C=O) groups is 3. The average molecular weight is 362 g/mol. The first-order valence-corrected chi connectivity index (χ1v) is 8.50. The molecular weight excluding hydrogens is 336 g/mol. The quantitative estimate of drug-likeness (QED) is 0.360. The monoisotopic (exact) mass is 362 g/mol. The average Bonchev–Trinajstić information content (AvgIpc) is 2.58. The molecule has 0 aliphatic heterocycles. The van der Waals surface area contributed by atoms with Gasteiger partial charge in [0.05, 0.1) is 13.2 Å². The standard InChI is InChI=1S/C20H26O6/c1-5-17-9-6-7-11-19(17)20(26-16(4)23)18(13-25-15(3)22)10-8-12-24-14(2)21/h5-7,9,11,18,20H,1,8,10,12-13H2,2-4H3. The molecule has 142 valence electrons. The predicted octanol–water partition coefficient (Wildman–Crippen LogP) is 3.46. The van der Waals surface area contributed by atoms with Crippen molar-refractivity contribution in [1.29, 1.82) is 0 Å². The molecular formula is C20H26O6. The topological polar surface area (TPSA) is 78.9 Å². The molecule has 0 radical (unpaired) electrons. The van der Waals surface area contributed by atoms with Gasteiger partial charge in [0.15, 0.2) is 0 Å². The van der Waals surface area contributed by atoms with Gasteiger partial charge in [-0.15, -0.1) is 0 Å². The van der Waals surface area contributed by atoms with E-state index in [2.05, 4.69) is 6.58 Å². The van der Waals surface area contributed by atoms with Crippen molar-refractivity contribution in [3.05, 3.63) is 42.0 Å². The smallest absolute Gasteiger partial charge is 0.303 e. The first kappa shape index (κ1) is 21.4. The number of benzene rings is 1. The van der Waals surface area contributed by atoms with Crippen molar-refractivity contribution in [1.82, 2.24) is 0 Å². The van der Waals surface area contributed by atoms with E-state index in [0.29, 0.717) is 12.8 Å². The predicted molar refractivity (Wildman–Crippen MR) is 97.0 cm³/mol. The van der Waals surface area contributed by atoms with Crippen molar-refractivity contribution in [3.63, 3.8) is 0 Å². The fourth-order valence-electron chi connectivity index (χ4n) is 2.66. The second-order valence-electron chi connectivity index (χ2n) is 5.91. The fourth-order valence-corrected chi connectivity index (χ4v) is 2.66. The van der Waals surface area contributed by atoms with E-state index in [1.54, 1.807) is 6.08 Å². The van der Waals surface area contributed by atoms with E-state index < -0.39 is 18.0 Å². The van der Waals surface area contributed by atoms with E-state index in [9.17, 15) is 14.4 Å². The number of hydrogen-bond donors (Lipinski definition) is 0. The van der Waals surface area contributed by atoms with E-state index in [1.165, 1.54) is 20.8 Å². The summed E-state index contributed by atoms with van der Waals surface area (Å²) in [6.45, 7) is 8.16. The van der Waals surface area contributed by atoms with Crippen molar-refractivity contribution < 1.29 is 28.6 Å². The first-order valence-electron chi connectivity index (χ1n) is 8.50. The molecule has 0 N–H and O–H groups in total. The molecule has 0 saturated heterocycles. The van der Waals surface area contributed by atoms with Gasteiger partial charge in [0.25, 0.3) is 0 Å². The van der Waals surface area contributed by atoms with Gasteiger partial charge < -0.3 is 14.2 Å². The molecule has 1 aromatic carbocycles. The molecule has 0 aliphatic rings. The van der Waals surface area contributed by atoms with Crippen LogP contribution in [0.3, 0.4) is 0 Å². The minimum Gasteiger partial charge on any atom is -0.466 e. The first-order chi connectivity index (χ1) is 12.3. The fraction of sp³-hybridized carbons (Fsp3) is 0.450. The highest BCUT2D eigenvalue weighted by molar-refractivity contribution is 5.67. The Labute approximate surface area is 154 Å². The van der Waals surface area contributed by atoms with Crippen LogP contribution in [-0.2, 0) is 28.6 Å². The van der Waals surface area contributed by atoms with Crippen LogP contribution in [0.15, 0.2) is 30.8 Å². The molecule has 0 heterocycles. The lowest BCUT2D eigenvalue weighted by Gasteiger charge is -2.28. The third-order valence-corrected chi connectivity index (χ3v) is 3.77. The van der Waals surface area contributed by atoms with Crippen LogP contribution in [0.4, 0.5) is 0 Å². The van der Waals surface area contributed by atoms with Crippen molar-refractivity contribution in [3.8, 4) is 0 Å². The van der Waals surface area contributed by atoms with Gasteiger partial charge in [-0.1, -0.05) is 36.9 Å². The van der Waals surface area contributed by atoms with Gasteiger partial charge in [0.1, 0.15) is 6.10 Å². The molecule has 0 amide bonds. The van der Waals surface area contributed by atoms with Crippen LogP contribution in [0.25, 0.3) is 6.08 Å². The summed E-state index contributed by atoms with van der Waals surface area (Å²) < 4.78 is 15.7. The Morgan fingerprint density at radius 2 is 1.69 bits per heavy atom. The Hall–Kier alpha value is -2.63. The third kappa shape index (κ3) is 7.51. The van der Waals surface area contributed by atoms with Crippen molar-refractivity contribution in [2.75, 3.05) is 13.2 Å². The minimum atomic E-state index is -0.599. The Bertz CT molecular complexity index is 637. The van der Waals surface area contributed by atoms with E-state index in [0.717, 1.165) is 11.1 Å². The number of hydrogen-bond acceptors (Lipinski definition) is 6. The summed E-state index contributed by atoms with van der Waals surface area (Å²) in [5.41, 5.74) is 1.63. The molecule has 0 fully saturated rings. The summed E-state index contributed by atoms with van der Waals surface area (Å²) in [5.74, 6) is -1.47. The van der Waals surface area contributed by atoms with Gasteiger partial charge in [-0.2, -0.15) is 0 Å². The Morgan fingerprint density at radius 1 is 1.04 bits per heavy atom. The number of ether oxygens (including phenoxy) is 3. The maximum atomic E-state index is 11.7. The number of rotatable bonds is 10. The SMILES string of the molecule is C=Cc1ccccc1C(OC(C)=O)C(CCCOC(C)=O)COC(C)=O. The van der Waals surface area contributed by atoms with Crippen LogP contribution in [0.1, 0.15) is 50.8 Å². The molecule has 0 saturated carbocycles. The van der Waals surface area contributed by atoms with E-state index in [4.69, 9.17) is 14.2 Å². The molecule has 6 nitrogen and oxygen atoms in total. The van der Waals surface area contributed by atoms with Gasteiger partial charge >= 0.3 is 17.9 Å². The van der Waals surface area contributed by atoms with Crippen molar-refractivity contribution in [2.24, 2.45) is 5.92 Å². The van der Waals surface area contributed by atoms with Crippen LogP contribution >= 0.6 is 0 Å². The molecule has 1 rings (SSSR count). The highest BCUT2D eigenvalue weighted by Gasteiger charge is 2.28. The van der Waals surface area contributed by atoms with Crippen LogP contribution in [0, 0.1) is 5.92 Å². The van der Waals surface area contributed by atoms with E-state index in [1.807, 2.05) is 24.3 Å². The van der Waals surface area contributed by atoms with Crippen molar-refractivity contribution >= 4 is 24.0 Å². The normalized spacial score (nSPS) is 12.6. The van der Waals surface area contributed by atoms with Crippen LogP contribution < -0.4 is 0 Å². The number of esters is 3. The van der Waals surface area contributed by atoms with Gasteiger partial charge in [-0.25, -0.2) is 0 Å². The molecule has 2 atom stereocenters. The van der Waals surface area contributed by atoms with Crippen molar-refractivity contribution in [2.45, 2.75) is 39.7 Å². The van der Waals surface area contributed by atoms with Gasteiger partial charge in [-0.05, 0) is 18.4 Å². The Kier molecular flexibility index (Phi) is 9.12. The Balaban J connectivity index is 3.05. The zero-order chi connectivity index (χ0) is 19.5. The lowest BCUT2D eigenvalue weighted by Crippen LogP contribution is -2.25. The van der Waals surface area contributed by atoms with Gasteiger partial charge in [0.2, 0.25) is 0 Å². The molecule has 6 heteroatoms. The van der Waals surface area contributed by atoms with E-state index in [-0.39, 0.29) is 25.1 Å². The maximum Gasteiger partial charge on any atom is 0.303 e. The second kappa shape index (κ2) is 11.1. The van der Waals surface area contributed by atoms with Crippen LogP contribution in [0.5, 0.6) is 0 Å².